The van der Waals surface area contributed by atoms with Gasteiger partial charge in [0.1, 0.15) is 0 Å². The maximum atomic E-state index is 10.8. The minimum Gasteiger partial charge on any atom is -0.481 e. The number of benzene rings is 1. The lowest BCUT2D eigenvalue weighted by atomic mass is 10.0. The van der Waals surface area contributed by atoms with Gasteiger partial charge in [-0.2, -0.15) is 0 Å². The first-order valence-corrected chi connectivity index (χ1v) is 5.96. The van der Waals surface area contributed by atoms with Crippen molar-refractivity contribution in [1.29, 1.82) is 0 Å². The molecule has 0 aliphatic carbocycles. The topological polar surface area (TPSA) is 55.8 Å². The lowest BCUT2D eigenvalue weighted by Gasteiger charge is -2.12. The molecule has 0 saturated carbocycles. The van der Waals surface area contributed by atoms with E-state index in [2.05, 4.69) is 0 Å². The van der Waals surface area contributed by atoms with Crippen LogP contribution in [0.3, 0.4) is 0 Å². The number of aliphatic carboxylic acids is 1. The second-order valence-electron chi connectivity index (χ2n) is 4.38. The first-order valence-electron chi connectivity index (χ1n) is 5.96. The summed E-state index contributed by atoms with van der Waals surface area (Å²) in [5, 5.41) is 8.90. The zero-order valence-corrected chi connectivity index (χ0v) is 11.1. The van der Waals surface area contributed by atoms with Gasteiger partial charge >= 0.3 is 5.97 Å². The van der Waals surface area contributed by atoms with Gasteiger partial charge in [0.05, 0.1) is 25.2 Å². The Hall–Kier alpha value is -1.39. The van der Waals surface area contributed by atoms with Gasteiger partial charge < -0.3 is 14.6 Å². The lowest BCUT2D eigenvalue weighted by Crippen LogP contribution is -2.14. The molecule has 4 nitrogen and oxygen atoms in total. The van der Waals surface area contributed by atoms with Crippen LogP contribution in [-0.2, 0) is 20.9 Å². The predicted molar refractivity (Wildman–Crippen MR) is 68.6 cm³/mol. The van der Waals surface area contributed by atoms with Crippen molar-refractivity contribution in [3.63, 3.8) is 0 Å². The smallest absolute Gasteiger partial charge is 0.310 e. The van der Waals surface area contributed by atoms with E-state index in [1.165, 1.54) is 0 Å². The van der Waals surface area contributed by atoms with Crippen LogP contribution in [0.15, 0.2) is 24.3 Å². The average molecular weight is 252 g/mol. The fraction of sp³-hybridized carbons (Fsp3) is 0.500. The van der Waals surface area contributed by atoms with Gasteiger partial charge in [0.25, 0.3) is 0 Å². The summed E-state index contributed by atoms with van der Waals surface area (Å²) >= 11 is 0. The quantitative estimate of drug-likeness (QED) is 0.809. The zero-order chi connectivity index (χ0) is 13.5. The highest BCUT2D eigenvalue weighted by Gasteiger charge is 2.13. The molecule has 1 N–H and O–H groups in total. The number of methoxy groups -OCH3 is 1. The highest BCUT2D eigenvalue weighted by Crippen LogP contribution is 2.16. The Morgan fingerprint density at radius 2 is 1.89 bits per heavy atom. The summed E-state index contributed by atoms with van der Waals surface area (Å²) in [5.41, 5.74) is 1.83. The van der Waals surface area contributed by atoms with Crippen LogP contribution in [-0.4, -0.2) is 30.9 Å². The summed E-state index contributed by atoms with van der Waals surface area (Å²) in [6.45, 7) is 4.69. The van der Waals surface area contributed by atoms with Crippen LogP contribution >= 0.6 is 0 Å². The van der Waals surface area contributed by atoms with Crippen LogP contribution in [0.5, 0.6) is 0 Å². The highest BCUT2D eigenvalue weighted by atomic mass is 16.5. The minimum atomic E-state index is -0.812. The van der Waals surface area contributed by atoms with Gasteiger partial charge in [0.2, 0.25) is 0 Å². The summed E-state index contributed by atoms with van der Waals surface area (Å²) in [6, 6.07) is 7.46. The molecule has 0 spiro atoms. The molecule has 0 radical (unpaired) electrons. The Balaban J connectivity index is 2.53. The Bertz CT molecular complexity index is 372. The van der Waals surface area contributed by atoms with Crippen molar-refractivity contribution in [3.8, 4) is 0 Å². The van der Waals surface area contributed by atoms with E-state index in [-0.39, 0.29) is 6.10 Å². The summed E-state index contributed by atoms with van der Waals surface area (Å²) in [7, 11) is 1.64. The van der Waals surface area contributed by atoms with E-state index in [0.29, 0.717) is 13.2 Å². The van der Waals surface area contributed by atoms with Gasteiger partial charge in [-0.05, 0) is 25.0 Å². The zero-order valence-electron chi connectivity index (χ0n) is 11.1. The molecule has 0 saturated heterocycles. The molecule has 0 heterocycles. The maximum absolute atomic E-state index is 10.8. The number of rotatable bonds is 7. The summed E-state index contributed by atoms with van der Waals surface area (Å²) in [5.74, 6) is -1.29. The minimum absolute atomic E-state index is 0.0487. The fourth-order valence-electron chi connectivity index (χ4n) is 1.57. The van der Waals surface area contributed by atoms with Crippen LogP contribution in [0.25, 0.3) is 0 Å². The summed E-state index contributed by atoms with van der Waals surface area (Å²) in [6.07, 6.45) is 0.0487. The van der Waals surface area contributed by atoms with E-state index in [1.54, 1.807) is 14.0 Å². The van der Waals surface area contributed by atoms with Crippen LogP contribution in [0.1, 0.15) is 30.9 Å². The third-order valence-corrected chi connectivity index (χ3v) is 2.79. The van der Waals surface area contributed by atoms with Crippen molar-refractivity contribution < 1.29 is 19.4 Å². The lowest BCUT2D eigenvalue weighted by molar-refractivity contribution is -0.138. The molecule has 1 aromatic rings. The van der Waals surface area contributed by atoms with Crippen LogP contribution in [0.2, 0.25) is 0 Å². The largest absolute Gasteiger partial charge is 0.481 e. The summed E-state index contributed by atoms with van der Waals surface area (Å²) in [4.78, 5) is 10.8. The van der Waals surface area contributed by atoms with Crippen molar-refractivity contribution >= 4 is 5.97 Å². The Morgan fingerprint density at radius 1 is 1.28 bits per heavy atom. The van der Waals surface area contributed by atoms with Gasteiger partial charge in [-0.25, -0.2) is 0 Å². The Morgan fingerprint density at radius 3 is 2.39 bits per heavy atom. The van der Waals surface area contributed by atoms with Crippen LogP contribution < -0.4 is 0 Å². The van der Waals surface area contributed by atoms with E-state index in [9.17, 15) is 4.79 Å². The Kier molecular flexibility index (Phi) is 5.82. The SMILES string of the molecule is COCC(C)OCc1ccc(C(C)C(=O)O)cc1. The molecule has 0 aliphatic heterocycles. The number of carboxylic acid groups (broad SMARTS) is 1. The van der Waals surface area contributed by atoms with E-state index in [0.717, 1.165) is 11.1 Å². The fourth-order valence-corrected chi connectivity index (χ4v) is 1.57. The van der Waals surface area contributed by atoms with Gasteiger partial charge in [-0.15, -0.1) is 0 Å². The predicted octanol–water partition coefficient (Wildman–Crippen LogP) is 2.43. The first kappa shape index (κ1) is 14.7. The third kappa shape index (κ3) is 4.47. The third-order valence-electron chi connectivity index (χ3n) is 2.79. The molecule has 0 aromatic heterocycles. The molecule has 1 rings (SSSR count). The number of carbonyl (C=O) groups is 1. The molecule has 0 aliphatic rings. The van der Waals surface area contributed by atoms with Gasteiger partial charge in [-0.1, -0.05) is 24.3 Å². The normalized spacial score (nSPS) is 14.2. The van der Waals surface area contributed by atoms with E-state index in [1.807, 2.05) is 31.2 Å². The molecule has 4 heteroatoms. The molecular formula is C14H20O4. The van der Waals surface area contributed by atoms with Crippen LogP contribution in [0.4, 0.5) is 0 Å². The van der Waals surface area contributed by atoms with Gasteiger partial charge in [0.15, 0.2) is 0 Å². The molecule has 2 atom stereocenters. The second kappa shape index (κ2) is 7.13. The van der Waals surface area contributed by atoms with E-state index >= 15 is 0 Å². The standard InChI is InChI=1S/C14H20O4/c1-10(8-17-3)18-9-12-4-6-13(7-5-12)11(2)14(15)16/h4-7,10-11H,8-9H2,1-3H3,(H,15,16). The molecule has 0 bridgehead atoms. The van der Waals surface area contributed by atoms with Crippen LogP contribution in [0, 0.1) is 0 Å². The van der Waals surface area contributed by atoms with Crippen molar-refractivity contribution in [2.45, 2.75) is 32.5 Å². The maximum Gasteiger partial charge on any atom is 0.310 e. The highest BCUT2D eigenvalue weighted by molar-refractivity contribution is 5.75. The van der Waals surface area contributed by atoms with E-state index < -0.39 is 11.9 Å². The molecule has 1 aromatic carbocycles. The van der Waals surface area contributed by atoms with Crippen molar-refractivity contribution in [1.82, 2.24) is 0 Å². The second-order valence-corrected chi connectivity index (χ2v) is 4.38. The number of hydrogen-bond acceptors (Lipinski definition) is 3. The molecular weight excluding hydrogens is 232 g/mol. The van der Waals surface area contributed by atoms with Gasteiger partial charge in [0, 0.05) is 7.11 Å². The molecule has 0 fully saturated rings. The monoisotopic (exact) mass is 252 g/mol. The Labute approximate surface area is 108 Å². The number of hydrogen-bond donors (Lipinski definition) is 1. The summed E-state index contributed by atoms with van der Waals surface area (Å²) < 4.78 is 10.6. The number of carboxylic acids is 1. The molecule has 18 heavy (non-hydrogen) atoms. The van der Waals surface area contributed by atoms with Crippen molar-refractivity contribution in [2.24, 2.45) is 0 Å². The molecule has 0 amide bonds. The van der Waals surface area contributed by atoms with Crippen molar-refractivity contribution in [2.75, 3.05) is 13.7 Å². The number of ether oxygens (including phenoxy) is 2. The average Bonchev–Trinajstić information content (AvgIpc) is 2.36. The van der Waals surface area contributed by atoms with Gasteiger partial charge in [-0.3, -0.25) is 4.79 Å². The van der Waals surface area contributed by atoms with E-state index in [4.69, 9.17) is 14.6 Å². The van der Waals surface area contributed by atoms with Crippen molar-refractivity contribution in [3.05, 3.63) is 35.4 Å². The molecule has 2 unspecified atom stereocenters. The molecule has 100 valence electrons. The first-order chi connectivity index (χ1) is 8.54.